The summed E-state index contributed by atoms with van der Waals surface area (Å²) in [6.07, 6.45) is 3.06. The molecule has 0 spiro atoms. The van der Waals surface area contributed by atoms with Crippen molar-refractivity contribution < 1.29 is 4.74 Å². The summed E-state index contributed by atoms with van der Waals surface area (Å²) < 4.78 is 5.28. The Bertz CT molecular complexity index is 1020. The van der Waals surface area contributed by atoms with Gasteiger partial charge in [-0.2, -0.15) is 10.2 Å². The van der Waals surface area contributed by atoms with Crippen LogP contribution in [-0.4, -0.2) is 13.4 Å². The Morgan fingerprint density at radius 1 is 0.857 bits per heavy atom. The predicted molar refractivity (Wildman–Crippen MR) is 116 cm³/mol. The van der Waals surface area contributed by atoms with Gasteiger partial charge in [0.05, 0.1) is 34.2 Å². The molecule has 7 heteroatoms. The lowest BCUT2D eigenvalue weighted by atomic mass is 10.2. The van der Waals surface area contributed by atoms with Gasteiger partial charge in [-0.15, -0.1) is 5.10 Å². The number of hydrogen-bond acceptors (Lipinski definition) is 5. The number of ether oxygens (including phenoxy) is 1. The molecule has 3 aromatic rings. The van der Waals surface area contributed by atoms with Crippen LogP contribution in [-0.2, 0) is 0 Å². The fourth-order valence-corrected chi connectivity index (χ4v) is 3.19. The molecule has 3 aromatic carbocycles. The van der Waals surface area contributed by atoms with Gasteiger partial charge in [0.15, 0.2) is 0 Å². The van der Waals surface area contributed by atoms with Crippen LogP contribution >= 0.6 is 23.2 Å². The largest absolute Gasteiger partial charge is 0.497 e. The summed E-state index contributed by atoms with van der Waals surface area (Å²) in [5.74, 6) is 0.774. The minimum Gasteiger partial charge on any atom is -0.497 e. The molecular weight excluding hydrogens is 395 g/mol. The predicted octanol–water partition coefficient (Wildman–Crippen LogP) is 5.79. The van der Waals surface area contributed by atoms with Gasteiger partial charge in [0, 0.05) is 0 Å². The van der Waals surface area contributed by atoms with Crippen LogP contribution in [0.4, 0.5) is 17.1 Å². The SMILES string of the molecule is COc1ccc(N2N(c3cccc(C)c3)[C]=NN2c2ccc(Cl)c(Cl)c2)cc1. The van der Waals surface area contributed by atoms with Gasteiger partial charge in [-0.3, -0.25) is 0 Å². The molecule has 1 aliphatic heterocycles. The molecule has 0 amide bonds. The van der Waals surface area contributed by atoms with Crippen LogP contribution in [0.3, 0.4) is 0 Å². The number of anilines is 3. The Kier molecular flexibility index (Phi) is 5.03. The second-order valence-electron chi connectivity index (χ2n) is 6.23. The topological polar surface area (TPSA) is 31.3 Å². The van der Waals surface area contributed by atoms with Crippen LogP contribution in [0.2, 0.25) is 10.0 Å². The van der Waals surface area contributed by atoms with E-state index in [1.54, 1.807) is 24.4 Å². The first-order valence-electron chi connectivity index (χ1n) is 8.59. The first-order chi connectivity index (χ1) is 13.6. The number of hydrazine groups is 2. The molecule has 5 nitrogen and oxygen atoms in total. The Labute approximate surface area is 173 Å². The zero-order valence-corrected chi connectivity index (χ0v) is 16.8. The maximum atomic E-state index is 6.23. The monoisotopic (exact) mass is 411 g/mol. The molecule has 1 radical (unpaired) electrons. The maximum Gasteiger partial charge on any atom is 0.223 e. The molecule has 0 atom stereocenters. The Hall–Kier alpha value is -2.89. The molecule has 0 N–H and O–H groups in total. The second-order valence-corrected chi connectivity index (χ2v) is 7.04. The van der Waals surface area contributed by atoms with E-state index in [4.69, 9.17) is 27.9 Å². The van der Waals surface area contributed by atoms with E-state index in [2.05, 4.69) is 17.5 Å². The van der Waals surface area contributed by atoms with Crippen molar-refractivity contribution in [2.24, 2.45) is 5.10 Å². The van der Waals surface area contributed by atoms with Gasteiger partial charge in [0.2, 0.25) is 6.34 Å². The van der Waals surface area contributed by atoms with Crippen LogP contribution in [0.25, 0.3) is 0 Å². The Morgan fingerprint density at radius 3 is 2.29 bits per heavy atom. The number of rotatable bonds is 4. The van der Waals surface area contributed by atoms with Crippen molar-refractivity contribution in [2.75, 3.05) is 22.4 Å². The number of halogens is 2. The van der Waals surface area contributed by atoms with Crippen molar-refractivity contribution in [2.45, 2.75) is 6.92 Å². The standard InChI is InChI=1S/C21H17Cl2N4O/c1-15-4-3-5-17(12-15)25-14-24-26(18-8-11-20(22)21(23)13-18)27(25)16-6-9-19(28-2)10-7-16/h3-13H,1-2H3. The number of aryl methyl sites for hydroxylation is 1. The summed E-state index contributed by atoms with van der Waals surface area (Å²) in [5, 5.41) is 10.9. The Balaban J connectivity index is 1.78. The molecule has 4 rings (SSSR count). The van der Waals surface area contributed by atoms with E-state index in [9.17, 15) is 0 Å². The average Bonchev–Trinajstić information content (AvgIpc) is 3.15. The van der Waals surface area contributed by atoms with Crippen LogP contribution < -0.4 is 20.0 Å². The zero-order chi connectivity index (χ0) is 19.7. The van der Waals surface area contributed by atoms with Crippen LogP contribution in [0.15, 0.2) is 71.8 Å². The summed E-state index contributed by atoms with van der Waals surface area (Å²) >= 11 is 12.3. The van der Waals surface area contributed by atoms with Crippen molar-refractivity contribution in [1.82, 2.24) is 0 Å². The van der Waals surface area contributed by atoms with Crippen LogP contribution in [0, 0.1) is 6.92 Å². The molecule has 0 aromatic heterocycles. The van der Waals surface area contributed by atoms with Crippen molar-refractivity contribution in [1.29, 1.82) is 0 Å². The third kappa shape index (κ3) is 3.46. The fourth-order valence-electron chi connectivity index (χ4n) is 2.90. The van der Waals surface area contributed by atoms with Gasteiger partial charge < -0.3 is 4.74 Å². The summed E-state index contributed by atoms with van der Waals surface area (Å²) in [4.78, 5) is 0. The first kappa shape index (κ1) is 18.5. The van der Waals surface area contributed by atoms with Crippen molar-refractivity contribution in [3.05, 3.63) is 82.3 Å². The summed E-state index contributed by atoms with van der Waals surface area (Å²) in [7, 11) is 1.64. The van der Waals surface area contributed by atoms with Crippen LogP contribution in [0.5, 0.6) is 5.75 Å². The lowest BCUT2D eigenvalue weighted by molar-refractivity contribution is 0.415. The highest BCUT2D eigenvalue weighted by Crippen LogP contribution is 2.34. The lowest BCUT2D eigenvalue weighted by Crippen LogP contribution is -2.46. The summed E-state index contributed by atoms with van der Waals surface area (Å²) in [6.45, 7) is 2.05. The highest BCUT2D eigenvalue weighted by Gasteiger charge is 2.30. The number of benzene rings is 3. The quantitative estimate of drug-likeness (QED) is 0.543. The van der Waals surface area contributed by atoms with Crippen molar-refractivity contribution in [3.8, 4) is 5.75 Å². The van der Waals surface area contributed by atoms with E-state index in [1.165, 1.54) is 0 Å². The minimum absolute atomic E-state index is 0.457. The molecule has 0 aliphatic carbocycles. The highest BCUT2D eigenvalue weighted by atomic mass is 35.5. The molecule has 0 unspecified atom stereocenters. The van der Waals surface area contributed by atoms with E-state index in [0.29, 0.717) is 10.0 Å². The second kappa shape index (κ2) is 7.62. The first-order valence-corrected chi connectivity index (χ1v) is 9.35. The van der Waals surface area contributed by atoms with E-state index < -0.39 is 0 Å². The van der Waals surface area contributed by atoms with Crippen molar-refractivity contribution in [3.63, 3.8) is 0 Å². The average molecular weight is 412 g/mol. The van der Waals surface area contributed by atoms with Gasteiger partial charge in [-0.05, 0) is 67.1 Å². The van der Waals surface area contributed by atoms with E-state index in [0.717, 1.165) is 28.4 Å². The van der Waals surface area contributed by atoms with Crippen molar-refractivity contribution >= 4 is 46.6 Å². The molecule has 28 heavy (non-hydrogen) atoms. The van der Waals surface area contributed by atoms with Crippen LogP contribution in [0.1, 0.15) is 5.56 Å². The molecule has 1 aliphatic rings. The fraction of sp³-hybridized carbons (Fsp3) is 0.0952. The van der Waals surface area contributed by atoms with Gasteiger partial charge in [-0.1, -0.05) is 35.3 Å². The molecule has 0 saturated carbocycles. The minimum atomic E-state index is 0.457. The number of nitrogens with zero attached hydrogens (tertiary/aromatic N) is 4. The van der Waals surface area contributed by atoms with Gasteiger partial charge >= 0.3 is 0 Å². The molecule has 1 heterocycles. The summed E-state index contributed by atoms with van der Waals surface area (Å²) in [5.41, 5.74) is 3.71. The molecule has 0 saturated heterocycles. The third-order valence-corrected chi connectivity index (χ3v) is 5.03. The lowest BCUT2D eigenvalue weighted by Gasteiger charge is -2.34. The molecule has 0 fully saturated rings. The maximum absolute atomic E-state index is 6.23. The number of hydrazone groups is 1. The summed E-state index contributed by atoms with van der Waals surface area (Å²) in [6, 6.07) is 21.2. The van der Waals surface area contributed by atoms with Gasteiger partial charge in [0.1, 0.15) is 5.75 Å². The van der Waals surface area contributed by atoms with E-state index >= 15 is 0 Å². The number of hydrogen-bond donors (Lipinski definition) is 0. The van der Waals surface area contributed by atoms with E-state index in [1.807, 2.05) is 65.6 Å². The van der Waals surface area contributed by atoms with Gasteiger partial charge in [-0.25, -0.2) is 5.01 Å². The normalized spacial score (nSPS) is 13.4. The van der Waals surface area contributed by atoms with E-state index in [-0.39, 0.29) is 0 Å². The Morgan fingerprint density at radius 2 is 1.61 bits per heavy atom. The smallest absolute Gasteiger partial charge is 0.223 e. The molecular formula is C21H17Cl2N4O. The molecule has 141 valence electrons. The molecule has 0 bridgehead atoms. The zero-order valence-electron chi connectivity index (χ0n) is 15.3. The van der Waals surface area contributed by atoms with Gasteiger partial charge in [0.25, 0.3) is 0 Å². The highest BCUT2D eigenvalue weighted by molar-refractivity contribution is 6.42. The third-order valence-electron chi connectivity index (χ3n) is 4.29. The number of methoxy groups -OCH3 is 1.